The van der Waals surface area contributed by atoms with E-state index in [1.165, 1.54) is 31.2 Å². The molecule has 0 atom stereocenters. The Hall–Kier alpha value is -1.55. The molecule has 1 saturated carbocycles. The zero-order chi connectivity index (χ0) is 13.0. The first-order valence-electron chi connectivity index (χ1n) is 6.52. The number of nitrogens with zero attached hydrogens (tertiary/aromatic N) is 1. The zero-order valence-corrected chi connectivity index (χ0v) is 10.6. The molecular formula is C14H21N3O. The van der Waals surface area contributed by atoms with E-state index in [1.54, 1.807) is 0 Å². The van der Waals surface area contributed by atoms with Gasteiger partial charge in [0.1, 0.15) is 0 Å². The second kappa shape index (κ2) is 5.87. The lowest BCUT2D eigenvalue weighted by molar-refractivity contribution is -0.119. The highest BCUT2D eigenvalue weighted by molar-refractivity contribution is 5.76. The second-order valence-corrected chi connectivity index (χ2v) is 5.05. The normalized spacial score (nSPS) is 16.3. The fourth-order valence-electron chi connectivity index (χ4n) is 2.64. The number of nitrogen functional groups attached to an aromatic ring is 1. The molecule has 4 nitrogen and oxygen atoms in total. The van der Waals surface area contributed by atoms with Gasteiger partial charge in [-0.15, -0.1) is 0 Å². The molecule has 4 N–H and O–H groups in total. The fraction of sp³-hybridized carbons (Fsp3) is 0.500. The van der Waals surface area contributed by atoms with Gasteiger partial charge in [-0.1, -0.05) is 25.0 Å². The van der Waals surface area contributed by atoms with Crippen LogP contribution in [-0.4, -0.2) is 23.4 Å². The Labute approximate surface area is 108 Å². The Balaban J connectivity index is 2.03. The van der Waals surface area contributed by atoms with E-state index in [1.807, 2.05) is 24.3 Å². The molecule has 1 aromatic carbocycles. The minimum absolute atomic E-state index is 0.252. The lowest BCUT2D eigenvalue weighted by Crippen LogP contribution is -2.39. The minimum atomic E-state index is -0.252. The van der Waals surface area contributed by atoms with Gasteiger partial charge < -0.3 is 11.5 Å². The van der Waals surface area contributed by atoms with Crippen molar-refractivity contribution in [3.8, 4) is 0 Å². The van der Waals surface area contributed by atoms with Gasteiger partial charge in [0.2, 0.25) is 5.91 Å². The third kappa shape index (κ3) is 3.47. The molecule has 0 radical (unpaired) electrons. The highest BCUT2D eigenvalue weighted by atomic mass is 16.1. The van der Waals surface area contributed by atoms with Crippen LogP contribution in [0.2, 0.25) is 0 Å². The molecule has 0 aromatic heterocycles. The molecule has 0 bridgehead atoms. The molecule has 1 aliphatic carbocycles. The third-order valence-corrected chi connectivity index (χ3v) is 3.57. The van der Waals surface area contributed by atoms with Gasteiger partial charge in [-0.2, -0.15) is 0 Å². The van der Waals surface area contributed by atoms with Crippen LogP contribution in [0.3, 0.4) is 0 Å². The Bertz CT molecular complexity index is 396. The van der Waals surface area contributed by atoms with E-state index >= 15 is 0 Å². The molecule has 1 amide bonds. The number of carbonyl (C=O) groups excluding carboxylic acids is 1. The summed E-state index contributed by atoms with van der Waals surface area (Å²) >= 11 is 0. The number of anilines is 1. The summed E-state index contributed by atoms with van der Waals surface area (Å²) in [6, 6.07) is 8.31. The summed E-state index contributed by atoms with van der Waals surface area (Å²) in [5.41, 5.74) is 13.0. The number of amides is 1. The molecular weight excluding hydrogens is 226 g/mol. The zero-order valence-electron chi connectivity index (χ0n) is 10.6. The molecule has 1 aliphatic rings. The minimum Gasteiger partial charge on any atom is -0.399 e. The van der Waals surface area contributed by atoms with Crippen molar-refractivity contribution in [1.29, 1.82) is 0 Å². The Morgan fingerprint density at radius 1 is 1.22 bits per heavy atom. The lowest BCUT2D eigenvalue weighted by Gasteiger charge is -2.27. The third-order valence-electron chi connectivity index (χ3n) is 3.57. The first-order valence-corrected chi connectivity index (χ1v) is 6.52. The summed E-state index contributed by atoms with van der Waals surface area (Å²) in [6.07, 6.45) is 4.84. The van der Waals surface area contributed by atoms with Crippen molar-refractivity contribution in [3.63, 3.8) is 0 Å². The summed E-state index contributed by atoms with van der Waals surface area (Å²) in [7, 11) is 0. The van der Waals surface area contributed by atoms with Gasteiger partial charge in [0.25, 0.3) is 0 Å². The van der Waals surface area contributed by atoms with Gasteiger partial charge in [0.05, 0.1) is 6.54 Å². The quantitative estimate of drug-likeness (QED) is 0.774. The van der Waals surface area contributed by atoms with Crippen LogP contribution in [-0.2, 0) is 11.3 Å². The predicted molar refractivity (Wildman–Crippen MR) is 72.7 cm³/mol. The first kappa shape index (κ1) is 12.9. The molecule has 0 saturated heterocycles. The standard InChI is InChI=1S/C14H21N3O/c15-12-7-5-11(6-8-12)9-17(10-14(16)18)13-3-1-2-4-13/h5-8,13H,1-4,9-10,15H2,(H2,16,18). The monoisotopic (exact) mass is 247 g/mol. The number of nitrogens with two attached hydrogens (primary N) is 2. The van der Waals surface area contributed by atoms with E-state index in [2.05, 4.69) is 4.90 Å². The summed E-state index contributed by atoms with van der Waals surface area (Å²) in [4.78, 5) is 13.4. The van der Waals surface area contributed by atoms with E-state index in [-0.39, 0.29) is 5.91 Å². The van der Waals surface area contributed by atoms with Crippen LogP contribution in [0.15, 0.2) is 24.3 Å². The number of primary amides is 1. The Morgan fingerprint density at radius 2 is 1.83 bits per heavy atom. The van der Waals surface area contributed by atoms with Gasteiger partial charge in [-0.3, -0.25) is 9.69 Å². The molecule has 18 heavy (non-hydrogen) atoms. The van der Waals surface area contributed by atoms with E-state index in [0.717, 1.165) is 12.2 Å². The second-order valence-electron chi connectivity index (χ2n) is 5.05. The van der Waals surface area contributed by atoms with Crippen LogP contribution < -0.4 is 11.5 Å². The maximum absolute atomic E-state index is 11.2. The SMILES string of the molecule is NC(=O)CN(Cc1ccc(N)cc1)C1CCCC1. The van der Waals surface area contributed by atoms with Gasteiger partial charge in [-0.25, -0.2) is 0 Å². The van der Waals surface area contributed by atoms with Crippen molar-refractivity contribution in [2.24, 2.45) is 5.73 Å². The van der Waals surface area contributed by atoms with Gasteiger partial charge in [-0.05, 0) is 30.5 Å². The molecule has 0 unspecified atom stereocenters. The van der Waals surface area contributed by atoms with Crippen LogP contribution in [0.5, 0.6) is 0 Å². The molecule has 0 heterocycles. The summed E-state index contributed by atoms with van der Waals surface area (Å²) in [6.45, 7) is 1.11. The highest BCUT2D eigenvalue weighted by Gasteiger charge is 2.23. The number of hydrogen-bond acceptors (Lipinski definition) is 3. The van der Waals surface area contributed by atoms with Crippen molar-refractivity contribution in [2.75, 3.05) is 12.3 Å². The number of benzene rings is 1. The van der Waals surface area contributed by atoms with Crippen molar-refractivity contribution >= 4 is 11.6 Å². The topological polar surface area (TPSA) is 72.4 Å². The van der Waals surface area contributed by atoms with Gasteiger partial charge >= 0.3 is 0 Å². The molecule has 98 valence electrons. The summed E-state index contributed by atoms with van der Waals surface area (Å²) < 4.78 is 0. The molecule has 0 spiro atoms. The van der Waals surface area contributed by atoms with Crippen molar-refractivity contribution in [2.45, 2.75) is 38.3 Å². The lowest BCUT2D eigenvalue weighted by atomic mass is 10.1. The molecule has 1 fully saturated rings. The van der Waals surface area contributed by atoms with Crippen LogP contribution in [0.25, 0.3) is 0 Å². The van der Waals surface area contributed by atoms with E-state index < -0.39 is 0 Å². The molecule has 2 rings (SSSR count). The number of rotatable bonds is 5. The predicted octanol–water partition coefficient (Wildman–Crippen LogP) is 1.50. The first-order chi connectivity index (χ1) is 8.65. The van der Waals surface area contributed by atoms with Crippen molar-refractivity contribution < 1.29 is 4.79 Å². The summed E-state index contributed by atoms with van der Waals surface area (Å²) in [5.74, 6) is -0.252. The smallest absolute Gasteiger partial charge is 0.231 e. The van der Waals surface area contributed by atoms with Gasteiger partial charge in [0.15, 0.2) is 0 Å². The maximum Gasteiger partial charge on any atom is 0.231 e. The van der Waals surface area contributed by atoms with Crippen LogP contribution in [0.1, 0.15) is 31.2 Å². The van der Waals surface area contributed by atoms with E-state index in [0.29, 0.717) is 12.6 Å². The van der Waals surface area contributed by atoms with Gasteiger partial charge in [0, 0.05) is 18.3 Å². The fourth-order valence-corrected chi connectivity index (χ4v) is 2.64. The van der Waals surface area contributed by atoms with E-state index in [4.69, 9.17) is 11.5 Å². The Morgan fingerprint density at radius 3 is 2.39 bits per heavy atom. The average molecular weight is 247 g/mol. The van der Waals surface area contributed by atoms with Crippen LogP contribution >= 0.6 is 0 Å². The highest BCUT2D eigenvalue weighted by Crippen LogP contribution is 2.24. The molecule has 0 aliphatic heterocycles. The van der Waals surface area contributed by atoms with Crippen LogP contribution in [0.4, 0.5) is 5.69 Å². The van der Waals surface area contributed by atoms with Crippen LogP contribution in [0, 0.1) is 0 Å². The molecule has 4 heteroatoms. The number of carbonyl (C=O) groups is 1. The molecule has 1 aromatic rings. The van der Waals surface area contributed by atoms with Crippen molar-refractivity contribution in [3.05, 3.63) is 29.8 Å². The van der Waals surface area contributed by atoms with E-state index in [9.17, 15) is 4.79 Å². The van der Waals surface area contributed by atoms with Crippen molar-refractivity contribution in [1.82, 2.24) is 4.90 Å². The largest absolute Gasteiger partial charge is 0.399 e. The summed E-state index contributed by atoms with van der Waals surface area (Å²) in [5, 5.41) is 0. The maximum atomic E-state index is 11.2. The average Bonchev–Trinajstić information content (AvgIpc) is 2.84. The number of hydrogen-bond donors (Lipinski definition) is 2. The Kier molecular flexibility index (Phi) is 4.20.